The molecule has 0 aromatic rings. The van der Waals surface area contributed by atoms with Crippen LogP contribution < -0.4 is 0 Å². The molecule has 0 amide bonds. The standard InChI is InChI=1S/C13H18N2/c1-11-8-12(2,4-6-14)10-13(3,9-11)5-7-15/h8H,4-5,9-10H2,1-3H3. The van der Waals surface area contributed by atoms with Crippen molar-refractivity contribution in [2.75, 3.05) is 0 Å². The molecule has 0 bridgehead atoms. The first kappa shape index (κ1) is 11.8. The van der Waals surface area contributed by atoms with Gasteiger partial charge in [0.15, 0.2) is 0 Å². The van der Waals surface area contributed by atoms with Gasteiger partial charge in [0.05, 0.1) is 12.1 Å². The van der Waals surface area contributed by atoms with Crippen LogP contribution in [0.4, 0.5) is 0 Å². The number of rotatable bonds is 2. The number of nitrogens with zero attached hydrogens (tertiary/aromatic N) is 2. The molecule has 0 saturated heterocycles. The Bertz CT molecular complexity index is 356. The molecule has 0 fully saturated rings. The van der Waals surface area contributed by atoms with Gasteiger partial charge in [0.1, 0.15) is 0 Å². The lowest BCUT2D eigenvalue weighted by atomic mass is 9.63. The van der Waals surface area contributed by atoms with Gasteiger partial charge in [-0.15, -0.1) is 0 Å². The van der Waals surface area contributed by atoms with Crippen LogP contribution in [0.25, 0.3) is 0 Å². The van der Waals surface area contributed by atoms with Gasteiger partial charge in [-0.1, -0.05) is 25.5 Å². The average molecular weight is 202 g/mol. The van der Waals surface area contributed by atoms with E-state index in [0.29, 0.717) is 12.8 Å². The molecule has 0 aromatic heterocycles. The van der Waals surface area contributed by atoms with Crippen molar-refractivity contribution < 1.29 is 0 Å². The summed E-state index contributed by atoms with van der Waals surface area (Å²) in [5, 5.41) is 17.7. The minimum atomic E-state index is -0.0390. The minimum absolute atomic E-state index is 0.0390. The summed E-state index contributed by atoms with van der Waals surface area (Å²) < 4.78 is 0. The molecule has 0 aromatic carbocycles. The number of allylic oxidation sites excluding steroid dienone is 2. The van der Waals surface area contributed by atoms with Crippen LogP contribution in [0.1, 0.15) is 46.5 Å². The van der Waals surface area contributed by atoms with Crippen LogP contribution in [0.5, 0.6) is 0 Å². The molecule has 0 saturated carbocycles. The summed E-state index contributed by atoms with van der Waals surface area (Å²) in [7, 11) is 0. The summed E-state index contributed by atoms with van der Waals surface area (Å²) in [6.07, 6.45) is 5.28. The van der Waals surface area contributed by atoms with Crippen LogP contribution in [0.15, 0.2) is 11.6 Å². The van der Waals surface area contributed by atoms with Gasteiger partial charge in [0.2, 0.25) is 0 Å². The molecule has 15 heavy (non-hydrogen) atoms. The van der Waals surface area contributed by atoms with Crippen LogP contribution in [0.3, 0.4) is 0 Å². The molecule has 80 valence electrons. The van der Waals surface area contributed by atoms with Crippen molar-refractivity contribution in [1.82, 2.24) is 0 Å². The van der Waals surface area contributed by atoms with Crippen molar-refractivity contribution >= 4 is 0 Å². The fourth-order valence-corrected chi connectivity index (χ4v) is 3.02. The zero-order valence-electron chi connectivity index (χ0n) is 9.80. The van der Waals surface area contributed by atoms with E-state index in [4.69, 9.17) is 10.5 Å². The van der Waals surface area contributed by atoms with Crippen molar-refractivity contribution in [3.8, 4) is 12.1 Å². The monoisotopic (exact) mass is 202 g/mol. The van der Waals surface area contributed by atoms with E-state index in [0.717, 1.165) is 12.8 Å². The van der Waals surface area contributed by atoms with Crippen molar-refractivity contribution in [2.24, 2.45) is 10.8 Å². The molecule has 0 heterocycles. The Morgan fingerprint density at radius 3 is 2.40 bits per heavy atom. The van der Waals surface area contributed by atoms with Crippen LogP contribution >= 0.6 is 0 Å². The van der Waals surface area contributed by atoms with Gasteiger partial charge >= 0.3 is 0 Å². The first-order chi connectivity index (χ1) is 6.93. The lowest BCUT2D eigenvalue weighted by molar-refractivity contribution is 0.185. The topological polar surface area (TPSA) is 47.6 Å². The van der Waals surface area contributed by atoms with E-state index in [-0.39, 0.29) is 10.8 Å². The molecule has 0 aliphatic heterocycles. The second-order valence-corrected chi connectivity index (χ2v) is 5.48. The van der Waals surface area contributed by atoms with E-state index < -0.39 is 0 Å². The quantitative estimate of drug-likeness (QED) is 0.643. The Morgan fingerprint density at radius 1 is 1.27 bits per heavy atom. The van der Waals surface area contributed by atoms with E-state index in [1.165, 1.54) is 5.57 Å². The molecular weight excluding hydrogens is 184 g/mol. The van der Waals surface area contributed by atoms with E-state index in [1.54, 1.807) is 0 Å². The van der Waals surface area contributed by atoms with E-state index in [1.807, 2.05) is 0 Å². The Kier molecular flexibility index (Phi) is 3.20. The van der Waals surface area contributed by atoms with Crippen molar-refractivity contribution in [3.05, 3.63) is 11.6 Å². The molecule has 2 heteroatoms. The van der Waals surface area contributed by atoms with E-state index in [2.05, 4.69) is 39.0 Å². The van der Waals surface area contributed by atoms with Gasteiger partial charge in [-0.05, 0) is 30.6 Å². The number of hydrogen-bond donors (Lipinski definition) is 0. The first-order valence-corrected chi connectivity index (χ1v) is 5.35. The zero-order valence-corrected chi connectivity index (χ0v) is 9.80. The molecule has 0 radical (unpaired) electrons. The Balaban J connectivity index is 2.94. The SMILES string of the molecule is CC1=CC(C)(CC#N)CC(C)(CC#N)C1. The minimum Gasteiger partial charge on any atom is -0.198 e. The fraction of sp³-hybridized carbons (Fsp3) is 0.692. The number of hydrogen-bond acceptors (Lipinski definition) is 2. The molecule has 2 nitrogen and oxygen atoms in total. The Labute approximate surface area is 92.2 Å². The van der Waals surface area contributed by atoms with Crippen LogP contribution in [-0.2, 0) is 0 Å². The third-order valence-corrected chi connectivity index (χ3v) is 3.12. The molecule has 1 aliphatic carbocycles. The predicted octanol–water partition coefficient (Wildman–Crippen LogP) is 3.57. The van der Waals surface area contributed by atoms with Gasteiger partial charge in [-0.3, -0.25) is 0 Å². The van der Waals surface area contributed by atoms with Crippen molar-refractivity contribution in [2.45, 2.75) is 46.5 Å². The smallest absolute Gasteiger partial charge is 0.0630 e. The largest absolute Gasteiger partial charge is 0.198 e. The summed E-state index contributed by atoms with van der Waals surface area (Å²) in [5.74, 6) is 0. The van der Waals surface area contributed by atoms with Gasteiger partial charge < -0.3 is 0 Å². The molecular formula is C13H18N2. The van der Waals surface area contributed by atoms with Gasteiger partial charge in [0.25, 0.3) is 0 Å². The fourth-order valence-electron chi connectivity index (χ4n) is 3.02. The second kappa shape index (κ2) is 4.07. The van der Waals surface area contributed by atoms with E-state index in [9.17, 15) is 0 Å². The normalized spacial score (nSPS) is 35.1. The summed E-state index contributed by atoms with van der Waals surface area (Å²) in [6, 6.07) is 4.52. The summed E-state index contributed by atoms with van der Waals surface area (Å²) >= 11 is 0. The highest BCUT2D eigenvalue weighted by molar-refractivity contribution is 5.17. The summed E-state index contributed by atoms with van der Waals surface area (Å²) in [6.45, 7) is 6.38. The van der Waals surface area contributed by atoms with Gasteiger partial charge in [-0.25, -0.2) is 0 Å². The van der Waals surface area contributed by atoms with Gasteiger partial charge in [-0.2, -0.15) is 10.5 Å². The lowest BCUT2D eigenvalue weighted by Gasteiger charge is -2.40. The molecule has 2 unspecified atom stereocenters. The molecule has 1 rings (SSSR count). The van der Waals surface area contributed by atoms with Crippen molar-refractivity contribution in [1.29, 1.82) is 10.5 Å². The maximum Gasteiger partial charge on any atom is 0.0630 e. The van der Waals surface area contributed by atoms with Gasteiger partial charge in [0, 0.05) is 12.8 Å². The van der Waals surface area contributed by atoms with Crippen molar-refractivity contribution in [3.63, 3.8) is 0 Å². The van der Waals surface area contributed by atoms with Crippen LogP contribution in [0, 0.1) is 33.5 Å². The highest BCUT2D eigenvalue weighted by Gasteiger charge is 2.37. The van der Waals surface area contributed by atoms with Crippen LogP contribution in [0.2, 0.25) is 0 Å². The zero-order chi connectivity index (χ0) is 11.5. The first-order valence-electron chi connectivity index (χ1n) is 5.35. The summed E-state index contributed by atoms with van der Waals surface area (Å²) in [4.78, 5) is 0. The molecule has 1 aliphatic rings. The highest BCUT2D eigenvalue weighted by atomic mass is 14.4. The summed E-state index contributed by atoms with van der Waals surface area (Å²) in [5.41, 5.74) is 1.33. The average Bonchev–Trinajstić information content (AvgIpc) is 1.99. The Morgan fingerprint density at radius 2 is 1.87 bits per heavy atom. The lowest BCUT2D eigenvalue weighted by Crippen LogP contribution is -2.30. The second-order valence-electron chi connectivity index (χ2n) is 5.48. The maximum atomic E-state index is 8.84. The highest BCUT2D eigenvalue weighted by Crippen LogP contribution is 2.48. The third kappa shape index (κ3) is 2.83. The maximum absolute atomic E-state index is 8.84. The molecule has 0 N–H and O–H groups in total. The predicted molar refractivity (Wildman–Crippen MR) is 59.7 cm³/mol. The third-order valence-electron chi connectivity index (χ3n) is 3.12. The Hall–Kier alpha value is -1.28. The van der Waals surface area contributed by atoms with E-state index >= 15 is 0 Å². The molecule has 0 spiro atoms. The number of nitriles is 2. The van der Waals surface area contributed by atoms with Crippen LogP contribution in [-0.4, -0.2) is 0 Å². The molecule has 2 atom stereocenters.